The van der Waals surface area contributed by atoms with Crippen LogP contribution in [0.15, 0.2) is 12.3 Å². The van der Waals surface area contributed by atoms with Gasteiger partial charge in [-0.3, -0.25) is 9.48 Å². The summed E-state index contributed by atoms with van der Waals surface area (Å²) < 4.78 is 23.7. The Morgan fingerprint density at radius 2 is 2.04 bits per heavy atom. The smallest absolute Gasteiger partial charge is 0.231 e. The Morgan fingerprint density at radius 3 is 2.79 bits per heavy atom. The van der Waals surface area contributed by atoms with E-state index >= 15 is 0 Å². The summed E-state index contributed by atoms with van der Waals surface area (Å²) in [6.07, 6.45) is 2.05. The zero-order valence-corrected chi connectivity index (χ0v) is 13.6. The molecule has 1 unspecified atom stereocenters. The highest BCUT2D eigenvalue weighted by molar-refractivity contribution is 5.94. The van der Waals surface area contributed by atoms with Crippen molar-refractivity contribution in [1.29, 1.82) is 0 Å². The minimum Gasteiger partial charge on any atom is -0.493 e. The summed E-state index contributed by atoms with van der Waals surface area (Å²) in [6.45, 7) is 0.106. The summed E-state index contributed by atoms with van der Waals surface area (Å²) in [7, 11) is 4.93. The Hall–Kier alpha value is -2.90. The number of aromatic nitrogens is 2. The van der Waals surface area contributed by atoms with E-state index in [1.807, 2.05) is 6.07 Å². The van der Waals surface area contributed by atoms with E-state index < -0.39 is 0 Å². The largest absolute Gasteiger partial charge is 0.493 e. The Kier molecular flexibility index (Phi) is 3.26. The zero-order chi connectivity index (χ0) is 16.8. The molecule has 8 nitrogen and oxygen atoms in total. The first-order valence-electron chi connectivity index (χ1n) is 7.50. The molecular formula is C16H17N3O5. The lowest BCUT2D eigenvalue weighted by molar-refractivity contribution is -0.116. The van der Waals surface area contributed by atoms with Crippen molar-refractivity contribution >= 4 is 11.7 Å². The molecule has 0 spiro atoms. The van der Waals surface area contributed by atoms with Gasteiger partial charge in [0.25, 0.3) is 0 Å². The number of fused-ring (bicyclic) bond motifs is 2. The first-order valence-corrected chi connectivity index (χ1v) is 7.50. The molecule has 3 heterocycles. The highest BCUT2D eigenvalue weighted by atomic mass is 16.7. The Labute approximate surface area is 138 Å². The first-order chi connectivity index (χ1) is 11.6. The highest BCUT2D eigenvalue weighted by Crippen LogP contribution is 2.53. The van der Waals surface area contributed by atoms with Crippen LogP contribution < -0.4 is 24.3 Å². The van der Waals surface area contributed by atoms with Gasteiger partial charge in [0.05, 0.1) is 20.4 Å². The van der Waals surface area contributed by atoms with Gasteiger partial charge in [0.15, 0.2) is 11.5 Å². The number of benzene rings is 1. The Morgan fingerprint density at radius 1 is 1.25 bits per heavy atom. The number of rotatable bonds is 3. The van der Waals surface area contributed by atoms with Crippen LogP contribution in [-0.4, -0.2) is 36.7 Å². The summed E-state index contributed by atoms with van der Waals surface area (Å²) in [5, 5.41) is 7.11. The van der Waals surface area contributed by atoms with Gasteiger partial charge in [-0.2, -0.15) is 5.10 Å². The van der Waals surface area contributed by atoms with Crippen molar-refractivity contribution in [3.63, 3.8) is 0 Å². The predicted octanol–water partition coefficient (Wildman–Crippen LogP) is 1.64. The van der Waals surface area contributed by atoms with Crippen molar-refractivity contribution in [2.45, 2.75) is 12.3 Å². The molecule has 2 aromatic rings. The second-order valence-corrected chi connectivity index (χ2v) is 5.64. The maximum atomic E-state index is 12.2. The van der Waals surface area contributed by atoms with Gasteiger partial charge in [-0.1, -0.05) is 0 Å². The molecule has 0 radical (unpaired) electrons. The summed E-state index contributed by atoms with van der Waals surface area (Å²) in [4.78, 5) is 12.2. The molecule has 0 saturated heterocycles. The molecule has 1 atom stereocenters. The van der Waals surface area contributed by atoms with E-state index in [0.717, 1.165) is 11.1 Å². The molecular weight excluding hydrogens is 314 g/mol. The van der Waals surface area contributed by atoms with Crippen LogP contribution in [0.4, 0.5) is 5.82 Å². The second kappa shape index (κ2) is 5.33. The summed E-state index contributed by atoms with van der Waals surface area (Å²) >= 11 is 0. The van der Waals surface area contributed by atoms with E-state index in [9.17, 15) is 4.79 Å². The standard InChI is InChI=1S/C16H17N3O5/c1-19-16-10(6-17-19)8(5-12(20)18-16)9-4-11(21-2)14-15(13(9)22-3)24-7-23-14/h4,6,8H,5,7H2,1-3H3,(H,18,20). The fourth-order valence-corrected chi connectivity index (χ4v) is 3.27. The molecule has 1 aromatic carbocycles. The minimum absolute atomic E-state index is 0.0743. The van der Waals surface area contributed by atoms with Crippen molar-refractivity contribution in [2.24, 2.45) is 7.05 Å². The lowest BCUT2D eigenvalue weighted by atomic mass is 9.86. The number of nitrogens with one attached hydrogen (secondary N) is 1. The van der Waals surface area contributed by atoms with Crippen LogP contribution in [0.3, 0.4) is 0 Å². The van der Waals surface area contributed by atoms with Gasteiger partial charge in [0, 0.05) is 30.5 Å². The van der Waals surface area contributed by atoms with Crippen LogP contribution in [0, 0.1) is 0 Å². The molecule has 0 bridgehead atoms. The summed E-state index contributed by atoms with van der Waals surface area (Å²) in [5.41, 5.74) is 1.74. The van der Waals surface area contributed by atoms with E-state index in [-0.39, 0.29) is 25.0 Å². The monoisotopic (exact) mass is 331 g/mol. The Bertz CT molecular complexity index is 830. The van der Waals surface area contributed by atoms with E-state index in [0.29, 0.717) is 28.8 Å². The molecule has 8 heteroatoms. The van der Waals surface area contributed by atoms with Crippen LogP contribution in [0.1, 0.15) is 23.5 Å². The second-order valence-electron chi connectivity index (χ2n) is 5.64. The molecule has 1 N–H and O–H groups in total. The van der Waals surface area contributed by atoms with Crippen LogP contribution in [0.2, 0.25) is 0 Å². The number of aryl methyl sites for hydroxylation is 1. The van der Waals surface area contributed by atoms with Gasteiger partial charge in [-0.25, -0.2) is 0 Å². The predicted molar refractivity (Wildman–Crippen MR) is 84.0 cm³/mol. The van der Waals surface area contributed by atoms with Crippen molar-refractivity contribution in [2.75, 3.05) is 26.3 Å². The fourth-order valence-electron chi connectivity index (χ4n) is 3.27. The van der Waals surface area contributed by atoms with Gasteiger partial charge in [-0.15, -0.1) is 0 Å². The Balaban J connectivity index is 1.92. The van der Waals surface area contributed by atoms with Crippen molar-refractivity contribution in [1.82, 2.24) is 9.78 Å². The van der Waals surface area contributed by atoms with Gasteiger partial charge in [-0.05, 0) is 6.07 Å². The molecule has 1 aromatic heterocycles. The quantitative estimate of drug-likeness (QED) is 0.920. The van der Waals surface area contributed by atoms with E-state index in [1.165, 1.54) is 0 Å². The number of hydrogen-bond donors (Lipinski definition) is 1. The van der Waals surface area contributed by atoms with Crippen LogP contribution in [0.25, 0.3) is 0 Å². The number of anilines is 1. The van der Waals surface area contributed by atoms with Crippen LogP contribution in [-0.2, 0) is 11.8 Å². The van der Waals surface area contributed by atoms with Gasteiger partial charge < -0.3 is 24.3 Å². The lowest BCUT2D eigenvalue weighted by Gasteiger charge is -2.25. The van der Waals surface area contributed by atoms with E-state index in [4.69, 9.17) is 18.9 Å². The van der Waals surface area contributed by atoms with Crippen molar-refractivity contribution < 1.29 is 23.7 Å². The normalized spacial score (nSPS) is 18.1. The molecule has 0 aliphatic carbocycles. The third kappa shape index (κ3) is 1.99. The van der Waals surface area contributed by atoms with Gasteiger partial charge in [0.1, 0.15) is 5.82 Å². The third-order valence-corrected chi connectivity index (χ3v) is 4.38. The number of nitrogens with zero attached hydrogens (tertiary/aromatic N) is 2. The topological polar surface area (TPSA) is 83.8 Å². The summed E-state index contributed by atoms with van der Waals surface area (Å²) in [5.74, 6) is 2.53. The SMILES string of the molecule is COc1cc(C2CC(=O)Nc3c2cnn3C)c(OC)c2c1OCO2. The van der Waals surface area contributed by atoms with Crippen LogP contribution in [0.5, 0.6) is 23.0 Å². The number of methoxy groups -OCH3 is 2. The first kappa shape index (κ1) is 14.7. The molecule has 126 valence electrons. The van der Waals surface area contributed by atoms with Gasteiger partial charge >= 0.3 is 0 Å². The maximum absolute atomic E-state index is 12.2. The van der Waals surface area contributed by atoms with Crippen molar-refractivity contribution in [3.8, 4) is 23.0 Å². The molecule has 4 rings (SSSR count). The number of carbonyl (C=O) groups is 1. The molecule has 0 saturated carbocycles. The molecule has 2 aliphatic heterocycles. The number of amides is 1. The zero-order valence-electron chi connectivity index (χ0n) is 13.6. The van der Waals surface area contributed by atoms with Gasteiger partial charge in [0.2, 0.25) is 24.2 Å². The van der Waals surface area contributed by atoms with E-state index in [1.54, 1.807) is 32.1 Å². The summed E-state index contributed by atoms with van der Waals surface area (Å²) in [6, 6.07) is 1.84. The number of carbonyl (C=O) groups excluding carboxylic acids is 1. The number of hydrogen-bond acceptors (Lipinski definition) is 6. The number of ether oxygens (including phenoxy) is 4. The average Bonchev–Trinajstić information content (AvgIpc) is 3.20. The molecule has 0 fully saturated rings. The highest BCUT2D eigenvalue weighted by Gasteiger charge is 2.35. The third-order valence-electron chi connectivity index (χ3n) is 4.38. The molecule has 2 aliphatic rings. The molecule has 24 heavy (non-hydrogen) atoms. The maximum Gasteiger partial charge on any atom is 0.231 e. The average molecular weight is 331 g/mol. The van der Waals surface area contributed by atoms with Crippen molar-refractivity contribution in [3.05, 3.63) is 23.4 Å². The fraction of sp³-hybridized carbons (Fsp3) is 0.375. The molecule has 1 amide bonds. The van der Waals surface area contributed by atoms with Crippen LogP contribution >= 0.6 is 0 Å². The van der Waals surface area contributed by atoms with E-state index in [2.05, 4.69) is 10.4 Å². The minimum atomic E-state index is -0.208. The lowest BCUT2D eigenvalue weighted by Crippen LogP contribution is -2.24.